The van der Waals surface area contributed by atoms with E-state index in [1.165, 1.54) is 6.42 Å². The third kappa shape index (κ3) is 13.8. The Kier molecular flexibility index (Phi) is 21.9. The molecular weight excluding hydrogens is 1130 g/mol. The van der Waals surface area contributed by atoms with Crippen LogP contribution in [0.3, 0.4) is 0 Å². The Morgan fingerprint density at radius 2 is 1.01 bits per heavy atom. The van der Waals surface area contributed by atoms with Crippen LogP contribution < -0.4 is 5.32 Å². The van der Waals surface area contributed by atoms with Gasteiger partial charge in [-0.1, -0.05) is 116 Å². The number of carbonyl (C=O) groups excluding carboxylic acids is 4. The van der Waals surface area contributed by atoms with Crippen molar-refractivity contribution in [2.45, 2.75) is 231 Å². The van der Waals surface area contributed by atoms with Crippen LogP contribution in [0.5, 0.6) is 0 Å². The minimum atomic E-state index is -0.712. The Morgan fingerprint density at radius 3 is 1.51 bits per heavy atom. The predicted molar refractivity (Wildman–Crippen MR) is 320 cm³/mol. The van der Waals surface area contributed by atoms with Gasteiger partial charge >= 0.3 is 12.2 Å². The maximum Gasteiger partial charge on any atom is 0.410 e. The highest BCUT2D eigenvalue weighted by molar-refractivity contribution is 6.43. The van der Waals surface area contributed by atoms with Crippen molar-refractivity contribution < 1.29 is 33.8 Å². The van der Waals surface area contributed by atoms with Gasteiger partial charge < -0.3 is 29.7 Å². The summed E-state index contributed by atoms with van der Waals surface area (Å²) in [6, 6.07) is 16.8. The van der Waals surface area contributed by atoms with Crippen LogP contribution in [0.15, 0.2) is 54.6 Å². The van der Waals surface area contributed by atoms with Crippen LogP contribution in [0.4, 0.5) is 9.59 Å². The second kappa shape index (κ2) is 26.4. The number of nitrogens with zero attached hydrogens (tertiary/aromatic N) is 2. The topological polar surface area (TPSA) is 125 Å². The molecule has 432 valence electrons. The van der Waals surface area contributed by atoms with Crippen molar-refractivity contribution in [2.75, 3.05) is 0 Å². The average molecular weight is 1220 g/mol. The molecule has 0 spiro atoms. The van der Waals surface area contributed by atoms with Crippen molar-refractivity contribution in [3.8, 4) is 0 Å². The first-order chi connectivity index (χ1) is 36.2. The van der Waals surface area contributed by atoms with Gasteiger partial charge in [-0.05, 0) is 192 Å². The number of hydrogen-bond donors (Lipinski definition) is 2. The Labute approximate surface area is 500 Å². The van der Waals surface area contributed by atoms with Crippen LogP contribution in [0.2, 0.25) is 30.1 Å². The summed E-state index contributed by atoms with van der Waals surface area (Å²) >= 11 is 36.6. The van der Waals surface area contributed by atoms with Gasteiger partial charge in [0.1, 0.15) is 11.2 Å². The van der Waals surface area contributed by atoms with Gasteiger partial charge in [-0.3, -0.25) is 9.59 Å². The highest BCUT2D eigenvalue weighted by atomic mass is 35.5. The van der Waals surface area contributed by atoms with E-state index in [4.69, 9.17) is 79.1 Å². The van der Waals surface area contributed by atoms with Gasteiger partial charge in [0.05, 0.1) is 41.7 Å². The molecule has 2 amide bonds. The molecule has 6 saturated heterocycles. The Balaban J connectivity index is 0.000000190. The van der Waals surface area contributed by atoms with Gasteiger partial charge in [0.25, 0.3) is 0 Å². The first kappa shape index (κ1) is 64.7. The number of amides is 2. The first-order valence-corrected chi connectivity index (χ1v) is 30.4. The highest BCUT2D eigenvalue weighted by Crippen LogP contribution is 2.57. The van der Waals surface area contributed by atoms with Crippen molar-refractivity contribution in [3.63, 3.8) is 0 Å². The zero-order valence-corrected chi connectivity index (χ0v) is 52.3. The number of ether oxygens (including phenoxy) is 2. The minimum absolute atomic E-state index is 0. The zero-order valence-electron chi connectivity index (χ0n) is 46.9. The summed E-state index contributed by atoms with van der Waals surface area (Å²) in [7, 11) is 0. The number of carbonyl (C=O) groups is 4. The lowest BCUT2D eigenvalue weighted by Crippen LogP contribution is -2.57. The zero-order chi connectivity index (χ0) is 56.4. The number of hydrogen-bond acceptors (Lipinski definition) is 8. The Morgan fingerprint density at radius 1 is 0.564 bits per heavy atom. The molecule has 10 nitrogen and oxygen atoms in total. The van der Waals surface area contributed by atoms with Crippen molar-refractivity contribution >= 4 is 106 Å². The monoisotopic (exact) mass is 1210 g/mol. The van der Waals surface area contributed by atoms with Gasteiger partial charge in [0.15, 0.2) is 11.6 Å². The van der Waals surface area contributed by atoms with Crippen LogP contribution in [-0.2, 0) is 9.47 Å². The predicted octanol–water partition coefficient (Wildman–Crippen LogP) is 18.2. The highest BCUT2D eigenvalue weighted by Gasteiger charge is 2.59. The fourth-order valence-electron chi connectivity index (χ4n) is 14.2. The minimum Gasteiger partial charge on any atom is -0.444 e. The van der Waals surface area contributed by atoms with E-state index in [1.54, 1.807) is 42.5 Å². The molecule has 17 heteroatoms. The lowest BCUT2D eigenvalue weighted by atomic mass is 9.65. The van der Waals surface area contributed by atoms with Gasteiger partial charge in [-0.2, -0.15) is 0 Å². The molecule has 9 rings (SSSR count). The number of aliphatic hydroxyl groups is 1. The summed E-state index contributed by atoms with van der Waals surface area (Å²) in [5.74, 6) is 0.299. The standard InChI is InChI=1S/C22H31Cl2NO3.C22H29Cl2NO3.C17H21Cl2NO.ClH/c2*1-5-11-22(19(26)14-6-8-16(23)17(24)13-14)12-10-15-7-9-18(22)25(15)20(27)28-21(2,3)4;1-2-8-17(9-7-12-4-6-15(17)20-12)16(21)11-3-5-13(18)14(19)10-11;/h6,8,13,15,18-19,26H,5,7,9-12H2,1-4H3;6,8,13,15,18H,5,7,9-12H2,1-4H3;3,5,10,12,15,20H,2,4,6-9H2,1H3;1H. The SMILES string of the molecule is CCCC1(C(=O)c2ccc(Cl)c(Cl)c2)CCC2CCC1N2.CCCC1(C(=O)c2ccc(Cl)c(Cl)c2)CCC2CCC1N2C(=O)OC(C)(C)C.CCCC1(C(O)c2ccc(Cl)c(Cl)c2)CCC2CCC1N2C(=O)OC(C)(C)C.Cl. The lowest BCUT2D eigenvalue weighted by molar-refractivity contribution is -0.0834. The lowest BCUT2D eigenvalue weighted by Gasteiger charge is -2.51. The summed E-state index contributed by atoms with van der Waals surface area (Å²) in [4.78, 5) is 56.7. The fraction of sp³-hybridized carbons (Fsp3) is 0.639. The molecule has 6 bridgehead atoms. The first-order valence-electron chi connectivity index (χ1n) is 28.2. The Bertz CT molecular complexity index is 2630. The quantitative estimate of drug-likeness (QED) is 0.172. The molecule has 0 aliphatic carbocycles. The number of rotatable bonds is 12. The number of halogens is 7. The maximum atomic E-state index is 13.7. The molecule has 3 aromatic carbocycles. The van der Waals surface area contributed by atoms with Crippen LogP contribution in [0.1, 0.15) is 210 Å². The third-order valence-corrected chi connectivity index (χ3v) is 19.6. The molecule has 0 radical (unpaired) electrons. The number of benzene rings is 3. The van der Waals surface area contributed by atoms with Crippen molar-refractivity contribution in [3.05, 3.63) is 101 Å². The molecule has 10 atom stereocenters. The average Bonchev–Trinajstić information content (AvgIpc) is 4.12. The number of ketones is 2. The summed E-state index contributed by atoms with van der Waals surface area (Å²) in [6.07, 6.45) is 15.4. The van der Waals surface area contributed by atoms with Gasteiger partial charge in [-0.15, -0.1) is 12.4 Å². The van der Waals surface area contributed by atoms with Crippen LogP contribution >= 0.6 is 82.0 Å². The molecule has 6 heterocycles. The van der Waals surface area contributed by atoms with Crippen LogP contribution in [0.25, 0.3) is 0 Å². The fourth-order valence-corrected chi connectivity index (χ4v) is 15.1. The van der Waals surface area contributed by atoms with Crippen molar-refractivity contribution in [1.82, 2.24) is 15.1 Å². The number of piperidine rings is 3. The molecule has 6 aliphatic heterocycles. The van der Waals surface area contributed by atoms with E-state index in [2.05, 4.69) is 26.1 Å². The van der Waals surface area contributed by atoms with E-state index in [0.29, 0.717) is 53.3 Å². The molecule has 0 aromatic heterocycles. The second-order valence-corrected chi connectivity index (χ2v) is 27.1. The van der Waals surface area contributed by atoms with Crippen LogP contribution in [-0.4, -0.2) is 86.1 Å². The van der Waals surface area contributed by atoms with Crippen molar-refractivity contribution in [1.29, 1.82) is 0 Å². The molecule has 2 N–H and O–H groups in total. The number of nitrogens with one attached hydrogen (secondary N) is 1. The second-order valence-electron chi connectivity index (χ2n) is 24.7. The van der Waals surface area contributed by atoms with Crippen LogP contribution in [0, 0.1) is 16.2 Å². The molecule has 78 heavy (non-hydrogen) atoms. The Hall–Kier alpha value is -2.51. The van der Waals surface area contributed by atoms with Crippen molar-refractivity contribution in [2.24, 2.45) is 16.2 Å². The molecule has 0 saturated carbocycles. The van der Waals surface area contributed by atoms with Gasteiger partial charge in [0, 0.05) is 58.2 Å². The van der Waals surface area contributed by atoms with E-state index < -0.39 is 28.1 Å². The van der Waals surface area contributed by atoms with E-state index in [1.807, 2.05) is 63.5 Å². The van der Waals surface area contributed by atoms with Gasteiger partial charge in [-0.25, -0.2) is 9.59 Å². The summed E-state index contributed by atoms with van der Waals surface area (Å²) in [5, 5.41) is 17.9. The molecule has 6 fully saturated rings. The number of aliphatic hydroxyl groups excluding tert-OH is 1. The smallest absolute Gasteiger partial charge is 0.410 e. The normalized spacial score (nSPS) is 28.3. The van der Waals surface area contributed by atoms with E-state index in [0.717, 1.165) is 115 Å². The summed E-state index contributed by atoms with van der Waals surface area (Å²) in [6.45, 7) is 17.7. The molecule has 10 unspecified atom stereocenters. The summed E-state index contributed by atoms with van der Waals surface area (Å²) < 4.78 is 11.4. The largest absolute Gasteiger partial charge is 0.444 e. The van der Waals surface area contributed by atoms with E-state index >= 15 is 0 Å². The molecule has 3 aromatic rings. The van der Waals surface area contributed by atoms with E-state index in [9.17, 15) is 24.3 Å². The maximum absolute atomic E-state index is 13.7. The third-order valence-electron chi connectivity index (χ3n) is 17.4. The van der Waals surface area contributed by atoms with E-state index in [-0.39, 0.29) is 65.7 Å². The number of fused-ring (bicyclic) bond motifs is 6. The number of Topliss-reactive ketones (excluding diaryl/α,β-unsaturated/α-hetero) is 2. The molecule has 6 aliphatic rings. The molecular formula is C61H82Cl7N3O7. The summed E-state index contributed by atoms with van der Waals surface area (Å²) in [5.41, 5.74) is -0.344. The van der Waals surface area contributed by atoms with Gasteiger partial charge in [0.2, 0.25) is 0 Å².